The van der Waals surface area contributed by atoms with Crippen LogP contribution in [0.5, 0.6) is 11.5 Å². The number of aliphatic carboxylic acids is 1. The number of carbonyl (C=O) groups excluding carboxylic acids is 2. The molecule has 0 saturated heterocycles. The third-order valence-electron chi connectivity index (χ3n) is 7.38. The molecular weight excluding hydrogens is 544 g/mol. The molecule has 0 bridgehead atoms. The molecule has 0 atom stereocenters. The molecule has 1 aliphatic rings. The lowest BCUT2D eigenvalue weighted by Gasteiger charge is -2.17. The molecule has 3 aromatic carbocycles. The average Bonchev–Trinajstić information content (AvgIpc) is 3.45. The number of nitrogens with zero attached hydrogens (tertiary/aromatic N) is 1. The number of hydrogen-bond donors (Lipinski definition) is 2. The molecule has 0 fully saturated rings. The van der Waals surface area contributed by atoms with Crippen molar-refractivity contribution in [2.45, 2.75) is 57.8 Å². The lowest BCUT2D eigenvalue weighted by molar-refractivity contribution is -0.137. The zero-order chi connectivity index (χ0) is 30.4. The van der Waals surface area contributed by atoms with E-state index in [0.29, 0.717) is 43.9 Å². The van der Waals surface area contributed by atoms with Crippen molar-refractivity contribution in [2.24, 2.45) is 0 Å². The van der Waals surface area contributed by atoms with E-state index in [1.807, 2.05) is 48.5 Å². The van der Waals surface area contributed by atoms with E-state index in [1.54, 1.807) is 30.2 Å². The zero-order valence-corrected chi connectivity index (χ0v) is 24.7. The molecule has 226 valence electrons. The average molecular weight is 585 g/mol. The van der Waals surface area contributed by atoms with Gasteiger partial charge in [-0.15, -0.1) is 0 Å². The van der Waals surface area contributed by atoms with Crippen LogP contribution in [0.3, 0.4) is 0 Å². The van der Waals surface area contributed by atoms with Gasteiger partial charge in [0.25, 0.3) is 0 Å². The number of carboxylic acids is 1. The van der Waals surface area contributed by atoms with Gasteiger partial charge >= 0.3 is 5.97 Å². The van der Waals surface area contributed by atoms with Crippen LogP contribution in [0.15, 0.2) is 72.8 Å². The minimum absolute atomic E-state index is 0.0310. The molecule has 8 heteroatoms. The summed E-state index contributed by atoms with van der Waals surface area (Å²) >= 11 is 0. The molecule has 0 radical (unpaired) electrons. The lowest BCUT2D eigenvalue weighted by atomic mass is 10.1. The summed E-state index contributed by atoms with van der Waals surface area (Å²) < 4.78 is 11.2. The number of nitrogens with one attached hydrogen (secondary N) is 1. The first kappa shape index (κ1) is 31.3. The number of rotatable bonds is 16. The summed E-state index contributed by atoms with van der Waals surface area (Å²) in [6.07, 6.45) is 9.04. The number of methoxy groups -OCH3 is 1. The standard InChI is InChI=1S/C35H40N2O6/c1-42-30-18-14-26(15-19-30)9-4-2-3-7-24-43-32-20-17-29(25-28(32)16-21-35(40)41)36-33(38)12-8-13-34(39)37-23-22-27-10-5-6-11-31(27)37/h4-6,9-11,14-15,17-20,25H,2-3,7-8,12-13,16,21-24H2,1H3,(H,36,38)(H,40,41). The Kier molecular flexibility index (Phi) is 11.8. The lowest BCUT2D eigenvalue weighted by Crippen LogP contribution is -2.28. The van der Waals surface area contributed by atoms with Gasteiger partial charge in [0.05, 0.1) is 13.7 Å². The van der Waals surface area contributed by atoms with Crippen LogP contribution < -0.4 is 19.7 Å². The third-order valence-corrected chi connectivity index (χ3v) is 7.38. The number of para-hydroxylation sites is 1. The molecule has 1 aliphatic heterocycles. The predicted molar refractivity (Wildman–Crippen MR) is 169 cm³/mol. The van der Waals surface area contributed by atoms with Crippen LogP contribution in [0, 0.1) is 0 Å². The molecule has 2 N–H and O–H groups in total. The number of carbonyl (C=O) groups is 3. The Morgan fingerprint density at radius 1 is 0.953 bits per heavy atom. The second-order valence-electron chi connectivity index (χ2n) is 10.6. The molecule has 0 spiro atoms. The van der Waals surface area contributed by atoms with Crippen LogP contribution in [0.1, 0.15) is 61.6 Å². The summed E-state index contributed by atoms with van der Waals surface area (Å²) in [4.78, 5) is 38.4. The van der Waals surface area contributed by atoms with E-state index >= 15 is 0 Å². The highest BCUT2D eigenvalue weighted by molar-refractivity contribution is 5.96. The highest BCUT2D eigenvalue weighted by Crippen LogP contribution is 2.28. The summed E-state index contributed by atoms with van der Waals surface area (Å²) in [5.41, 5.74) is 4.59. The van der Waals surface area contributed by atoms with Gasteiger partial charge in [0, 0.05) is 37.2 Å². The largest absolute Gasteiger partial charge is 0.497 e. The first-order valence-electron chi connectivity index (χ1n) is 14.9. The Morgan fingerprint density at radius 3 is 2.56 bits per heavy atom. The Morgan fingerprint density at radius 2 is 1.77 bits per heavy atom. The highest BCUT2D eigenvalue weighted by Gasteiger charge is 2.23. The number of amides is 2. The summed E-state index contributed by atoms with van der Waals surface area (Å²) in [5, 5.41) is 12.1. The molecule has 0 unspecified atom stereocenters. The van der Waals surface area contributed by atoms with E-state index in [-0.39, 0.29) is 24.7 Å². The van der Waals surface area contributed by atoms with Crippen LogP contribution >= 0.6 is 0 Å². The molecule has 8 nitrogen and oxygen atoms in total. The fraction of sp³-hybridized carbons (Fsp3) is 0.343. The van der Waals surface area contributed by atoms with Crippen molar-refractivity contribution in [3.8, 4) is 11.5 Å². The van der Waals surface area contributed by atoms with Crippen molar-refractivity contribution in [1.29, 1.82) is 0 Å². The van der Waals surface area contributed by atoms with Gasteiger partial charge in [-0.05, 0) is 91.6 Å². The molecule has 1 heterocycles. The minimum Gasteiger partial charge on any atom is -0.497 e. The van der Waals surface area contributed by atoms with E-state index in [1.165, 1.54) is 5.56 Å². The van der Waals surface area contributed by atoms with Gasteiger partial charge in [-0.25, -0.2) is 0 Å². The maximum Gasteiger partial charge on any atom is 0.303 e. The van der Waals surface area contributed by atoms with Crippen LogP contribution in [0.25, 0.3) is 6.08 Å². The van der Waals surface area contributed by atoms with Crippen LogP contribution in [0.2, 0.25) is 0 Å². The van der Waals surface area contributed by atoms with Gasteiger partial charge in [0.1, 0.15) is 11.5 Å². The zero-order valence-electron chi connectivity index (χ0n) is 24.7. The normalized spacial score (nSPS) is 12.3. The van der Waals surface area contributed by atoms with Gasteiger partial charge in [0.2, 0.25) is 11.8 Å². The minimum atomic E-state index is -0.894. The first-order valence-corrected chi connectivity index (χ1v) is 14.9. The summed E-state index contributed by atoms with van der Waals surface area (Å²) in [6.45, 7) is 1.19. The van der Waals surface area contributed by atoms with E-state index in [2.05, 4.69) is 17.5 Å². The van der Waals surface area contributed by atoms with Crippen molar-refractivity contribution < 1.29 is 29.0 Å². The maximum atomic E-state index is 12.7. The second kappa shape index (κ2) is 16.2. The molecule has 2 amide bonds. The summed E-state index contributed by atoms with van der Waals surface area (Å²) in [6, 6.07) is 21.1. The quantitative estimate of drug-likeness (QED) is 0.182. The van der Waals surface area contributed by atoms with Gasteiger partial charge in [-0.1, -0.05) is 42.5 Å². The second-order valence-corrected chi connectivity index (χ2v) is 10.6. The molecule has 0 aromatic heterocycles. The van der Waals surface area contributed by atoms with E-state index in [9.17, 15) is 19.5 Å². The van der Waals surface area contributed by atoms with Crippen LogP contribution in [-0.2, 0) is 27.2 Å². The Labute approximate surface area is 253 Å². The topological polar surface area (TPSA) is 105 Å². The number of carboxylic acid groups (broad SMARTS) is 1. The monoisotopic (exact) mass is 584 g/mol. The smallest absolute Gasteiger partial charge is 0.303 e. The van der Waals surface area contributed by atoms with Crippen molar-refractivity contribution in [3.63, 3.8) is 0 Å². The van der Waals surface area contributed by atoms with Gasteiger partial charge < -0.3 is 24.8 Å². The van der Waals surface area contributed by atoms with E-state index < -0.39 is 5.97 Å². The molecule has 0 saturated carbocycles. The number of benzene rings is 3. The van der Waals surface area contributed by atoms with E-state index in [4.69, 9.17) is 9.47 Å². The number of unbranched alkanes of at least 4 members (excludes halogenated alkanes) is 2. The molecule has 0 aliphatic carbocycles. The van der Waals surface area contributed by atoms with Gasteiger partial charge in [-0.2, -0.15) is 0 Å². The number of allylic oxidation sites excluding steroid dienone is 1. The molecular formula is C35H40N2O6. The SMILES string of the molecule is COc1ccc(C=CCCCCOc2ccc(NC(=O)CCCC(=O)N3CCc4ccccc43)cc2CCC(=O)O)cc1. The molecule has 4 rings (SSSR count). The van der Waals surface area contributed by atoms with Gasteiger partial charge in [0.15, 0.2) is 0 Å². The Balaban J connectivity index is 1.21. The Bertz CT molecular complexity index is 1420. The highest BCUT2D eigenvalue weighted by atomic mass is 16.5. The maximum absolute atomic E-state index is 12.7. The number of hydrogen-bond acceptors (Lipinski definition) is 5. The van der Waals surface area contributed by atoms with Crippen LogP contribution in [0.4, 0.5) is 11.4 Å². The Hall–Kier alpha value is -4.59. The number of ether oxygens (including phenoxy) is 2. The van der Waals surface area contributed by atoms with Crippen molar-refractivity contribution >= 4 is 35.2 Å². The summed E-state index contributed by atoms with van der Waals surface area (Å²) in [7, 11) is 1.65. The first-order chi connectivity index (χ1) is 20.9. The van der Waals surface area contributed by atoms with E-state index in [0.717, 1.165) is 48.2 Å². The fourth-order valence-electron chi connectivity index (χ4n) is 5.07. The van der Waals surface area contributed by atoms with Crippen molar-refractivity contribution in [3.05, 3.63) is 89.5 Å². The van der Waals surface area contributed by atoms with Gasteiger partial charge in [-0.3, -0.25) is 14.4 Å². The fourth-order valence-corrected chi connectivity index (χ4v) is 5.07. The van der Waals surface area contributed by atoms with Crippen molar-refractivity contribution in [1.82, 2.24) is 0 Å². The summed E-state index contributed by atoms with van der Waals surface area (Å²) in [5.74, 6) is 0.415. The molecule has 43 heavy (non-hydrogen) atoms. The predicted octanol–water partition coefficient (Wildman–Crippen LogP) is 6.67. The van der Waals surface area contributed by atoms with Crippen molar-refractivity contribution in [2.75, 3.05) is 30.5 Å². The number of anilines is 2. The number of aryl methyl sites for hydroxylation is 1. The third kappa shape index (κ3) is 9.74. The number of fused-ring (bicyclic) bond motifs is 1. The molecule has 3 aromatic rings. The van der Waals surface area contributed by atoms with Crippen LogP contribution in [-0.4, -0.2) is 43.2 Å².